The van der Waals surface area contributed by atoms with Crippen LogP contribution in [0.3, 0.4) is 0 Å². The second kappa shape index (κ2) is 6.34. The van der Waals surface area contributed by atoms with Crippen molar-refractivity contribution >= 4 is 39.0 Å². The first-order chi connectivity index (χ1) is 12.4. The molecular weight excluding hydrogens is 354 g/mol. The van der Waals surface area contributed by atoms with E-state index in [2.05, 4.69) is 24.2 Å². The highest BCUT2D eigenvalue weighted by atomic mass is 32.1. The summed E-state index contributed by atoms with van der Waals surface area (Å²) in [6, 6.07) is 0. The summed E-state index contributed by atoms with van der Waals surface area (Å²) in [5.74, 6) is 5.83. The lowest BCUT2D eigenvalue weighted by Gasteiger charge is -2.36. The smallest absolute Gasteiger partial charge is 0.277 e. The number of pyridine rings is 1. The number of fused-ring (bicyclic) bond motifs is 3. The van der Waals surface area contributed by atoms with Crippen LogP contribution in [0.15, 0.2) is 0 Å². The van der Waals surface area contributed by atoms with Crippen molar-refractivity contribution in [2.24, 2.45) is 5.84 Å². The Bertz CT molecular complexity index is 873. The number of nitrogens with one attached hydrogen (secondary N) is 1. The molecule has 0 bridgehead atoms. The Morgan fingerprint density at radius 3 is 2.73 bits per heavy atom. The Morgan fingerprint density at radius 1 is 1.31 bits per heavy atom. The molecule has 5 N–H and O–H groups in total. The molecule has 2 aromatic heterocycles. The average molecular weight is 377 g/mol. The molecule has 0 radical (unpaired) electrons. The maximum atomic E-state index is 12.1. The number of hydrogen-bond donors (Lipinski definition) is 3. The molecule has 8 nitrogen and oxygen atoms in total. The third-order valence-corrected chi connectivity index (χ3v) is 6.03. The molecule has 4 rings (SSSR count). The van der Waals surface area contributed by atoms with E-state index in [1.807, 2.05) is 0 Å². The van der Waals surface area contributed by atoms with Crippen LogP contribution < -0.4 is 21.9 Å². The number of rotatable bonds is 2. The minimum Gasteiger partial charge on any atom is -0.397 e. The summed E-state index contributed by atoms with van der Waals surface area (Å²) in [7, 11) is 0. The molecule has 140 valence electrons. The van der Waals surface area contributed by atoms with Crippen molar-refractivity contribution in [1.29, 1.82) is 0 Å². The van der Waals surface area contributed by atoms with Crippen LogP contribution in [0.5, 0.6) is 0 Å². The summed E-state index contributed by atoms with van der Waals surface area (Å²) in [6.45, 7) is 7.52. The van der Waals surface area contributed by atoms with Crippen molar-refractivity contribution in [1.82, 2.24) is 10.4 Å². The van der Waals surface area contributed by atoms with E-state index in [9.17, 15) is 4.79 Å². The zero-order chi connectivity index (χ0) is 18.5. The molecule has 0 spiro atoms. The molecule has 1 amide bonds. The summed E-state index contributed by atoms with van der Waals surface area (Å²) in [4.78, 5) is 20.4. The lowest BCUT2D eigenvalue weighted by Crippen LogP contribution is -2.39. The minimum absolute atomic E-state index is 0.297. The number of aromatic nitrogens is 1. The molecule has 2 aliphatic rings. The normalized spacial score (nSPS) is 19.4. The van der Waals surface area contributed by atoms with Gasteiger partial charge in [0, 0.05) is 30.5 Å². The van der Waals surface area contributed by atoms with Crippen LogP contribution >= 0.6 is 11.3 Å². The van der Waals surface area contributed by atoms with Crippen LogP contribution in [-0.4, -0.2) is 42.8 Å². The Kier molecular flexibility index (Phi) is 4.26. The standard InChI is InChI=1S/C17H23N5O3S/c1-17(2)7-9-10(8-25-17)14(22-3-5-24-6-4-22)20-16-11(9)12(18)13(26-16)15(23)21-19/h3-8,18-19H2,1-2H3,(H,21,23). The molecule has 9 heteroatoms. The van der Waals surface area contributed by atoms with Crippen LogP contribution in [-0.2, 0) is 22.5 Å². The van der Waals surface area contributed by atoms with Crippen LogP contribution in [0.2, 0.25) is 0 Å². The first-order valence-electron chi connectivity index (χ1n) is 8.62. The number of nitrogens with zero attached hydrogens (tertiary/aromatic N) is 2. The zero-order valence-electron chi connectivity index (χ0n) is 14.9. The van der Waals surface area contributed by atoms with E-state index in [1.54, 1.807) is 0 Å². The monoisotopic (exact) mass is 377 g/mol. The first-order valence-corrected chi connectivity index (χ1v) is 9.44. The summed E-state index contributed by atoms with van der Waals surface area (Å²) < 4.78 is 11.5. The molecule has 0 unspecified atom stereocenters. The van der Waals surface area contributed by atoms with E-state index in [0.29, 0.717) is 36.8 Å². The van der Waals surface area contributed by atoms with E-state index < -0.39 is 5.91 Å². The van der Waals surface area contributed by atoms with Gasteiger partial charge in [-0.05, 0) is 19.4 Å². The molecule has 0 aromatic carbocycles. The zero-order valence-corrected chi connectivity index (χ0v) is 15.7. The number of ether oxygens (including phenoxy) is 2. The van der Waals surface area contributed by atoms with E-state index in [1.165, 1.54) is 11.3 Å². The van der Waals surface area contributed by atoms with Crippen LogP contribution in [0.4, 0.5) is 11.5 Å². The van der Waals surface area contributed by atoms with Gasteiger partial charge in [-0.15, -0.1) is 11.3 Å². The van der Waals surface area contributed by atoms with Crippen molar-refractivity contribution in [3.05, 3.63) is 16.0 Å². The van der Waals surface area contributed by atoms with Gasteiger partial charge in [-0.1, -0.05) is 0 Å². The number of carbonyl (C=O) groups is 1. The summed E-state index contributed by atoms with van der Waals surface area (Å²) >= 11 is 1.28. The molecular formula is C17H23N5O3S. The molecule has 4 heterocycles. The number of nitrogens with two attached hydrogens (primary N) is 2. The van der Waals surface area contributed by atoms with Crippen molar-refractivity contribution in [2.45, 2.75) is 32.5 Å². The Morgan fingerprint density at radius 2 is 2.04 bits per heavy atom. The molecule has 2 aliphatic heterocycles. The lowest BCUT2D eigenvalue weighted by atomic mass is 9.89. The average Bonchev–Trinajstić information content (AvgIpc) is 2.97. The fourth-order valence-corrected chi connectivity index (χ4v) is 4.64. The van der Waals surface area contributed by atoms with Crippen molar-refractivity contribution in [2.75, 3.05) is 36.9 Å². The maximum Gasteiger partial charge on any atom is 0.277 e. The SMILES string of the molecule is CC1(C)Cc2c(c(N3CCOCC3)nc3sc(C(=O)NN)c(N)c23)CO1. The fourth-order valence-electron chi connectivity index (χ4n) is 3.61. The highest BCUT2D eigenvalue weighted by Crippen LogP contribution is 2.43. The molecule has 1 saturated heterocycles. The van der Waals surface area contributed by atoms with Crippen molar-refractivity contribution in [3.63, 3.8) is 0 Å². The first kappa shape index (κ1) is 17.5. The van der Waals surface area contributed by atoms with E-state index in [4.69, 9.17) is 26.0 Å². The molecule has 2 aromatic rings. The van der Waals surface area contributed by atoms with Gasteiger partial charge in [-0.3, -0.25) is 10.2 Å². The topological polar surface area (TPSA) is 116 Å². The van der Waals surface area contributed by atoms with Gasteiger partial charge in [0.1, 0.15) is 15.5 Å². The number of hydrogen-bond acceptors (Lipinski definition) is 8. The van der Waals surface area contributed by atoms with Gasteiger partial charge in [-0.2, -0.15) is 0 Å². The number of nitrogen functional groups attached to an aromatic ring is 2. The quantitative estimate of drug-likeness (QED) is 0.409. The fraction of sp³-hybridized carbons (Fsp3) is 0.529. The van der Waals surface area contributed by atoms with Crippen molar-refractivity contribution < 1.29 is 14.3 Å². The van der Waals surface area contributed by atoms with Crippen LogP contribution in [0, 0.1) is 0 Å². The number of hydrazine groups is 1. The van der Waals surface area contributed by atoms with Gasteiger partial charge in [-0.25, -0.2) is 10.8 Å². The van der Waals surface area contributed by atoms with Gasteiger partial charge in [0.05, 0.1) is 31.1 Å². The molecule has 1 fully saturated rings. The largest absolute Gasteiger partial charge is 0.397 e. The summed E-state index contributed by atoms with van der Waals surface area (Å²) in [6.07, 6.45) is 0.712. The highest BCUT2D eigenvalue weighted by Gasteiger charge is 2.33. The summed E-state index contributed by atoms with van der Waals surface area (Å²) in [5, 5.41) is 0.858. The van der Waals surface area contributed by atoms with Crippen LogP contribution in [0.1, 0.15) is 34.6 Å². The van der Waals surface area contributed by atoms with Crippen molar-refractivity contribution in [3.8, 4) is 0 Å². The molecule has 0 aliphatic carbocycles. The number of anilines is 2. The highest BCUT2D eigenvalue weighted by molar-refractivity contribution is 7.21. The molecule has 0 saturated carbocycles. The minimum atomic E-state index is -0.390. The van der Waals surface area contributed by atoms with Gasteiger partial charge >= 0.3 is 0 Å². The summed E-state index contributed by atoms with van der Waals surface area (Å²) in [5.41, 5.74) is 10.8. The second-order valence-electron chi connectivity index (χ2n) is 7.22. The predicted molar refractivity (Wildman–Crippen MR) is 101 cm³/mol. The number of carbonyl (C=O) groups excluding carboxylic acids is 1. The van der Waals surface area contributed by atoms with E-state index in [0.717, 1.165) is 40.3 Å². The molecule has 0 atom stereocenters. The van der Waals surface area contributed by atoms with E-state index in [-0.39, 0.29) is 5.60 Å². The Labute approximate surface area is 155 Å². The molecule has 26 heavy (non-hydrogen) atoms. The Hall–Kier alpha value is -1.94. The third-order valence-electron chi connectivity index (χ3n) is 4.93. The lowest BCUT2D eigenvalue weighted by molar-refractivity contribution is -0.0396. The van der Waals surface area contributed by atoms with Crippen LogP contribution in [0.25, 0.3) is 10.2 Å². The number of thiophene rings is 1. The number of morpholine rings is 1. The van der Waals surface area contributed by atoms with Gasteiger partial charge in [0.25, 0.3) is 5.91 Å². The predicted octanol–water partition coefficient (Wildman–Crippen LogP) is 1.17. The second-order valence-corrected chi connectivity index (χ2v) is 8.21. The Balaban J connectivity index is 1.95. The van der Waals surface area contributed by atoms with Gasteiger partial charge < -0.3 is 20.1 Å². The maximum absolute atomic E-state index is 12.1. The third kappa shape index (κ3) is 2.81. The van der Waals surface area contributed by atoms with E-state index >= 15 is 0 Å². The number of amides is 1. The van der Waals surface area contributed by atoms with Gasteiger partial charge in [0.15, 0.2) is 0 Å². The van der Waals surface area contributed by atoms with Gasteiger partial charge in [0.2, 0.25) is 0 Å².